The molecule has 1 N–H and O–H groups in total. The second kappa shape index (κ2) is 6.53. The first-order valence-corrected chi connectivity index (χ1v) is 8.19. The fourth-order valence-corrected chi connectivity index (χ4v) is 2.92. The van der Waals surface area contributed by atoms with Crippen LogP contribution in [0.5, 0.6) is 0 Å². The molecule has 0 fully saturated rings. The Bertz CT molecular complexity index is 1050. The molecule has 0 bridgehead atoms. The van der Waals surface area contributed by atoms with Gasteiger partial charge in [0.2, 0.25) is 0 Å². The van der Waals surface area contributed by atoms with Gasteiger partial charge in [-0.3, -0.25) is 9.36 Å². The normalized spacial score (nSPS) is 11.0. The molecule has 0 spiro atoms. The topological polar surface area (TPSA) is 81.7 Å². The van der Waals surface area contributed by atoms with E-state index in [4.69, 9.17) is 0 Å². The number of aliphatic hydroxyl groups is 1. The maximum atomic E-state index is 9.44. The van der Waals surface area contributed by atoms with E-state index < -0.39 is 0 Å². The summed E-state index contributed by atoms with van der Waals surface area (Å²) in [6.07, 6.45) is 9.18. The van der Waals surface area contributed by atoms with Crippen LogP contribution in [0, 0.1) is 0 Å². The SMILES string of the molecule is Cn1cc(-c2cccc(-c3ncc(-c4cn(C)nc4CO)cn3)c2)cn1. The van der Waals surface area contributed by atoms with E-state index in [-0.39, 0.29) is 6.61 Å². The summed E-state index contributed by atoms with van der Waals surface area (Å²) in [6, 6.07) is 8.06. The zero-order chi connectivity index (χ0) is 18.1. The van der Waals surface area contributed by atoms with Gasteiger partial charge in [-0.05, 0) is 11.6 Å². The van der Waals surface area contributed by atoms with Crippen LogP contribution < -0.4 is 0 Å². The van der Waals surface area contributed by atoms with Crippen LogP contribution in [0.1, 0.15) is 5.69 Å². The third kappa shape index (κ3) is 3.00. The average molecular weight is 346 g/mol. The first kappa shape index (κ1) is 16.2. The van der Waals surface area contributed by atoms with Crippen molar-refractivity contribution in [2.24, 2.45) is 14.1 Å². The lowest BCUT2D eigenvalue weighted by Gasteiger charge is -2.04. The van der Waals surface area contributed by atoms with E-state index in [1.807, 2.05) is 50.9 Å². The second-order valence-corrected chi connectivity index (χ2v) is 6.10. The lowest BCUT2D eigenvalue weighted by atomic mass is 10.1. The minimum atomic E-state index is -0.120. The zero-order valence-electron chi connectivity index (χ0n) is 14.5. The fraction of sp³-hybridized carbons (Fsp3) is 0.158. The third-order valence-electron chi connectivity index (χ3n) is 4.18. The number of aromatic nitrogens is 6. The molecule has 130 valence electrons. The van der Waals surface area contributed by atoms with Crippen molar-refractivity contribution < 1.29 is 5.11 Å². The molecule has 0 atom stereocenters. The van der Waals surface area contributed by atoms with Gasteiger partial charge in [0.05, 0.1) is 18.5 Å². The molecule has 0 saturated carbocycles. The Morgan fingerprint density at radius 1 is 0.885 bits per heavy atom. The lowest BCUT2D eigenvalue weighted by molar-refractivity contribution is 0.276. The van der Waals surface area contributed by atoms with Crippen molar-refractivity contribution in [2.75, 3.05) is 0 Å². The van der Waals surface area contributed by atoms with Gasteiger partial charge in [0, 0.05) is 61.1 Å². The van der Waals surface area contributed by atoms with Crippen molar-refractivity contribution >= 4 is 0 Å². The minimum absolute atomic E-state index is 0.120. The molecule has 7 nitrogen and oxygen atoms in total. The van der Waals surface area contributed by atoms with E-state index in [1.165, 1.54) is 0 Å². The van der Waals surface area contributed by atoms with Crippen LogP contribution in [0.3, 0.4) is 0 Å². The Morgan fingerprint density at radius 2 is 1.65 bits per heavy atom. The van der Waals surface area contributed by atoms with Crippen molar-refractivity contribution in [3.8, 4) is 33.6 Å². The maximum absolute atomic E-state index is 9.44. The van der Waals surface area contributed by atoms with Gasteiger partial charge >= 0.3 is 0 Å². The molecule has 0 amide bonds. The van der Waals surface area contributed by atoms with Crippen LogP contribution in [0.4, 0.5) is 0 Å². The summed E-state index contributed by atoms with van der Waals surface area (Å²) < 4.78 is 3.45. The highest BCUT2D eigenvalue weighted by molar-refractivity contribution is 5.70. The maximum Gasteiger partial charge on any atom is 0.159 e. The number of hydrogen-bond donors (Lipinski definition) is 1. The molecule has 7 heteroatoms. The average Bonchev–Trinajstić information content (AvgIpc) is 3.27. The number of rotatable bonds is 4. The van der Waals surface area contributed by atoms with Crippen LogP contribution in [-0.2, 0) is 20.7 Å². The third-order valence-corrected chi connectivity index (χ3v) is 4.18. The van der Waals surface area contributed by atoms with Crippen molar-refractivity contribution in [3.05, 3.63) is 60.9 Å². The highest BCUT2D eigenvalue weighted by atomic mass is 16.3. The Labute approximate surface area is 150 Å². The van der Waals surface area contributed by atoms with E-state index in [0.717, 1.165) is 27.8 Å². The van der Waals surface area contributed by atoms with E-state index in [2.05, 4.69) is 26.2 Å². The van der Waals surface area contributed by atoms with E-state index in [1.54, 1.807) is 21.8 Å². The summed E-state index contributed by atoms with van der Waals surface area (Å²) in [5.41, 5.74) is 5.33. The summed E-state index contributed by atoms with van der Waals surface area (Å²) in [5, 5.41) is 17.9. The van der Waals surface area contributed by atoms with Crippen LogP contribution in [0.2, 0.25) is 0 Å². The lowest BCUT2D eigenvalue weighted by Crippen LogP contribution is -1.92. The van der Waals surface area contributed by atoms with Crippen LogP contribution in [0.15, 0.2) is 55.2 Å². The van der Waals surface area contributed by atoms with Crippen molar-refractivity contribution in [3.63, 3.8) is 0 Å². The molecule has 0 radical (unpaired) electrons. The van der Waals surface area contributed by atoms with Crippen LogP contribution in [-0.4, -0.2) is 34.6 Å². The number of hydrogen-bond acceptors (Lipinski definition) is 5. The summed E-state index contributed by atoms with van der Waals surface area (Å²) in [5.74, 6) is 0.647. The van der Waals surface area contributed by atoms with Crippen LogP contribution >= 0.6 is 0 Å². The monoisotopic (exact) mass is 346 g/mol. The Balaban J connectivity index is 1.67. The van der Waals surface area contributed by atoms with E-state index in [0.29, 0.717) is 11.5 Å². The predicted molar refractivity (Wildman–Crippen MR) is 97.8 cm³/mol. The highest BCUT2D eigenvalue weighted by Crippen LogP contribution is 2.26. The largest absolute Gasteiger partial charge is 0.390 e. The zero-order valence-corrected chi connectivity index (χ0v) is 14.5. The molecule has 0 unspecified atom stereocenters. The summed E-state index contributed by atoms with van der Waals surface area (Å²) in [6.45, 7) is -0.120. The number of nitrogens with zero attached hydrogens (tertiary/aromatic N) is 6. The Hall–Kier alpha value is -3.32. The van der Waals surface area contributed by atoms with Gasteiger partial charge in [0.15, 0.2) is 5.82 Å². The smallest absolute Gasteiger partial charge is 0.159 e. The van der Waals surface area contributed by atoms with Gasteiger partial charge in [-0.1, -0.05) is 18.2 Å². The molecule has 3 heterocycles. The molecule has 0 aliphatic rings. The molecule has 4 aromatic rings. The molecule has 1 aromatic carbocycles. The summed E-state index contributed by atoms with van der Waals surface area (Å²) in [4.78, 5) is 9.00. The first-order valence-electron chi connectivity index (χ1n) is 8.19. The van der Waals surface area contributed by atoms with Gasteiger partial charge in [0.25, 0.3) is 0 Å². The van der Waals surface area contributed by atoms with Crippen molar-refractivity contribution in [2.45, 2.75) is 6.61 Å². The highest BCUT2D eigenvalue weighted by Gasteiger charge is 2.11. The summed E-state index contributed by atoms with van der Waals surface area (Å²) in [7, 11) is 3.72. The first-order chi connectivity index (χ1) is 12.6. The van der Waals surface area contributed by atoms with Gasteiger partial charge in [-0.15, -0.1) is 0 Å². The van der Waals surface area contributed by atoms with Gasteiger partial charge in [-0.2, -0.15) is 10.2 Å². The molecule has 3 aromatic heterocycles. The van der Waals surface area contributed by atoms with Gasteiger partial charge in [0.1, 0.15) is 0 Å². The van der Waals surface area contributed by atoms with Crippen molar-refractivity contribution in [1.82, 2.24) is 29.5 Å². The number of benzene rings is 1. The standard InChI is InChI=1S/C19H18N6O/c1-24-10-16(9-22-24)13-4-3-5-14(6-13)19-20-7-15(8-21-19)17-11-25(2)23-18(17)12-26/h3-11,26H,12H2,1-2H3. The number of aryl methyl sites for hydroxylation is 2. The summed E-state index contributed by atoms with van der Waals surface area (Å²) >= 11 is 0. The molecule has 4 rings (SSSR count). The molecule has 0 aliphatic carbocycles. The van der Waals surface area contributed by atoms with Gasteiger partial charge < -0.3 is 5.11 Å². The second-order valence-electron chi connectivity index (χ2n) is 6.10. The van der Waals surface area contributed by atoms with Crippen molar-refractivity contribution in [1.29, 1.82) is 0 Å². The molecule has 26 heavy (non-hydrogen) atoms. The Morgan fingerprint density at radius 3 is 2.35 bits per heavy atom. The predicted octanol–water partition coefficient (Wildman–Crippen LogP) is 2.44. The van der Waals surface area contributed by atoms with E-state index >= 15 is 0 Å². The van der Waals surface area contributed by atoms with E-state index in [9.17, 15) is 5.11 Å². The fourth-order valence-electron chi connectivity index (χ4n) is 2.92. The number of aliphatic hydroxyl groups excluding tert-OH is 1. The van der Waals surface area contributed by atoms with Crippen LogP contribution in [0.25, 0.3) is 33.6 Å². The molecular formula is C19H18N6O. The Kier molecular flexibility index (Phi) is 4.06. The molecule has 0 aliphatic heterocycles. The molecular weight excluding hydrogens is 328 g/mol. The van der Waals surface area contributed by atoms with Gasteiger partial charge in [-0.25, -0.2) is 9.97 Å². The quantitative estimate of drug-likeness (QED) is 0.614. The molecule has 0 saturated heterocycles. The minimum Gasteiger partial charge on any atom is -0.390 e.